The number of hydrogen-bond donors (Lipinski definition) is 1. The smallest absolute Gasteiger partial charge is 0.368 e. The Bertz CT molecular complexity index is 482. The number of carbonyl (C=O) groups is 1. The van der Waals surface area contributed by atoms with Crippen LogP contribution in [0.1, 0.15) is 36.9 Å². The summed E-state index contributed by atoms with van der Waals surface area (Å²) in [6.45, 7) is 2.21. The van der Waals surface area contributed by atoms with Gasteiger partial charge in [-0.1, -0.05) is 12.1 Å². The van der Waals surface area contributed by atoms with E-state index in [0.717, 1.165) is 18.6 Å². The normalized spacial score (nSPS) is 20.7. The molecule has 0 bridgehead atoms. The highest BCUT2D eigenvalue weighted by atomic mass is 19.4. The van der Waals surface area contributed by atoms with Gasteiger partial charge in [0, 0.05) is 6.61 Å². The summed E-state index contributed by atoms with van der Waals surface area (Å²) < 4.78 is 43.1. The Morgan fingerprint density at radius 1 is 1.45 bits per heavy atom. The van der Waals surface area contributed by atoms with Crippen LogP contribution in [0.4, 0.5) is 13.2 Å². The fraction of sp³-hybridized carbons (Fsp3) is 0.500. The molecule has 1 N–H and O–H groups in total. The Morgan fingerprint density at radius 2 is 2.20 bits per heavy atom. The lowest BCUT2D eigenvalue weighted by atomic mass is 10.0. The van der Waals surface area contributed by atoms with Gasteiger partial charge in [-0.2, -0.15) is 13.2 Å². The summed E-state index contributed by atoms with van der Waals surface area (Å²) in [6, 6.07) is 4.48. The second-order valence-electron chi connectivity index (χ2n) is 4.86. The van der Waals surface area contributed by atoms with Crippen LogP contribution >= 0.6 is 0 Å². The molecule has 0 aromatic heterocycles. The largest absolute Gasteiger partial charge is 0.416 e. The quantitative estimate of drug-likeness (QED) is 0.928. The van der Waals surface area contributed by atoms with Crippen LogP contribution in [-0.4, -0.2) is 18.6 Å². The topological polar surface area (TPSA) is 38.3 Å². The van der Waals surface area contributed by atoms with Crippen molar-refractivity contribution in [2.45, 2.75) is 38.1 Å². The van der Waals surface area contributed by atoms with Crippen LogP contribution in [0.15, 0.2) is 24.3 Å². The molecular weight excluding hydrogens is 271 g/mol. The minimum absolute atomic E-state index is 0.271. The predicted molar refractivity (Wildman–Crippen MR) is 67.0 cm³/mol. The zero-order valence-electron chi connectivity index (χ0n) is 11.0. The zero-order valence-corrected chi connectivity index (χ0v) is 11.0. The molecule has 3 nitrogen and oxygen atoms in total. The monoisotopic (exact) mass is 287 g/mol. The molecule has 2 rings (SSSR count). The van der Waals surface area contributed by atoms with E-state index in [1.807, 2.05) is 0 Å². The van der Waals surface area contributed by atoms with Gasteiger partial charge in [0.15, 0.2) is 0 Å². The summed E-state index contributed by atoms with van der Waals surface area (Å²) in [5.41, 5.74) is -0.292. The molecule has 1 aliphatic heterocycles. The fourth-order valence-corrected chi connectivity index (χ4v) is 2.16. The fourth-order valence-electron chi connectivity index (χ4n) is 2.16. The molecule has 110 valence electrons. The minimum atomic E-state index is -4.38. The third-order valence-electron chi connectivity index (χ3n) is 3.29. The molecular formula is C14H16F3NO2. The van der Waals surface area contributed by atoms with Gasteiger partial charge < -0.3 is 10.1 Å². The minimum Gasteiger partial charge on any atom is -0.368 e. The number of nitrogens with one attached hydrogen (secondary N) is 1. The highest BCUT2D eigenvalue weighted by Gasteiger charge is 2.31. The van der Waals surface area contributed by atoms with E-state index in [9.17, 15) is 18.0 Å². The average Bonchev–Trinajstić information content (AvgIpc) is 2.91. The summed E-state index contributed by atoms with van der Waals surface area (Å²) in [4.78, 5) is 11.9. The maximum absolute atomic E-state index is 12.6. The SMILES string of the molecule is C[C@H](NC(=O)[C@@H]1CCCO1)c1cccc(C(F)(F)F)c1. The third kappa shape index (κ3) is 3.50. The van der Waals surface area contributed by atoms with E-state index in [1.165, 1.54) is 6.07 Å². The lowest BCUT2D eigenvalue weighted by Crippen LogP contribution is -2.35. The van der Waals surface area contributed by atoms with Crippen LogP contribution in [-0.2, 0) is 15.7 Å². The Hall–Kier alpha value is -1.56. The van der Waals surface area contributed by atoms with Gasteiger partial charge in [-0.3, -0.25) is 4.79 Å². The van der Waals surface area contributed by atoms with Crippen LogP contribution in [0.2, 0.25) is 0 Å². The molecule has 1 fully saturated rings. The second-order valence-corrected chi connectivity index (χ2v) is 4.86. The van der Waals surface area contributed by atoms with Gasteiger partial charge in [0.05, 0.1) is 11.6 Å². The number of halogens is 3. The molecule has 0 radical (unpaired) electrons. The number of benzene rings is 1. The first-order valence-electron chi connectivity index (χ1n) is 6.47. The Kier molecular flexibility index (Phi) is 4.32. The lowest BCUT2D eigenvalue weighted by molar-refractivity contribution is -0.137. The van der Waals surface area contributed by atoms with Crippen LogP contribution in [0.3, 0.4) is 0 Å². The third-order valence-corrected chi connectivity index (χ3v) is 3.29. The van der Waals surface area contributed by atoms with Crippen molar-refractivity contribution in [3.05, 3.63) is 35.4 Å². The van der Waals surface area contributed by atoms with Crippen molar-refractivity contribution in [3.8, 4) is 0 Å². The number of amides is 1. The van der Waals surface area contributed by atoms with E-state index in [1.54, 1.807) is 13.0 Å². The summed E-state index contributed by atoms with van der Waals surface area (Å²) in [7, 11) is 0. The van der Waals surface area contributed by atoms with Crippen molar-refractivity contribution in [3.63, 3.8) is 0 Å². The molecule has 1 amide bonds. The average molecular weight is 287 g/mol. The Balaban J connectivity index is 2.05. The first kappa shape index (κ1) is 14.8. The maximum Gasteiger partial charge on any atom is 0.416 e. The first-order valence-corrected chi connectivity index (χ1v) is 6.47. The number of rotatable bonds is 3. The molecule has 1 aliphatic rings. The lowest BCUT2D eigenvalue weighted by Gasteiger charge is -2.18. The molecule has 1 heterocycles. The van der Waals surface area contributed by atoms with E-state index in [2.05, 4.69) is 5.32 Å². The summed E-state index contributed by atoms with van der Waals surface area (Å²) in [6.07, 6.45) is -3.38. The molecule has 2 atom stereocenters. The van der Waals surface area contributed by atoms with Gasteiger partial charge >= 0.3 is 6.18 Å². The van der Waals surface area contributed by atoms with E-state index < -0.39 is 23.9 Å². The zero-order chi connectivity index (χ0) is 14.8. The number of alkyl halides is 3. The van der Waals surface area contributed by atoms with E-state index in [-0.39, 0.29) is 5.91 Å². The molecule has 6 heteroatoms. The second kappa shape index (κ2) is 5.83. The van der Waals surface area contributed by atoms with Crippen LogP contribution in [0.25, 0.3) is 0 Å². The van der Waals surface area contributed by atoms with Crippen molar-refractivity contribution in [1.29, 1.82) is 0 Å². The van der Waals surface area contributed by atoms with Gasteiger partial charge in [-0.05, 0) is 37.5 Å². The van der Waals surface area contributed by atoms with Crippen LogP contribution < -0.4 is 5.32 Å². The van der Waals surface area contributed by atoms with Crippen molar-refractivity contribution in [2.75, 3.05) is 6.61 Å². The Labute approximate surface area is 115 Å². The van der Waals surface area contributed by atoms with E-state index in [4.69, 9.17) is 4.74 Å². The van der Waals surface area contributed by atoms with Crippen molar-refractivity contribution in [1.82, 2.24) is 5.32 Å². The summed E-state index contributed by atoms with van der Waals surface area (Å²) in [5.74, 6) is -0.271. The molecule has 0 saturated carbocycles. The number of hydrogen-bond acceptors (Lipinski definition) is 2. The molecule has 1 saturated heterocycles. The van der Waals surface area contributed by atoms with Crippen molar-refractivity contribution < 1.29 is 22.7 Å². The summed E-state index contributed by atoms with van der Waals surface area (Å²) in [5, 5.41) is 2.69. The summed E-state index contributed by atoms with van der Waals surface area (Å²) >= 11 is 0. The number of ether oxygens (including phenoxy) is 1. The van der Waals surface area contributed by atoms with Crippen LogP contribution in [0.5, 0.6) is 0 Å². The van der Waals surface area contributed by atoms with Gasteiger partial charge in [0.2, 0.25) is 5.91 Å². The molecule has 0 spiro atoms. The van der Waals surface area contributed by atoms with E-state index >= 15 is 0 Å². The van der Waals surface area contributed by atoms with Gasteiger partial charge in [-0.25, -0.2) is 0 Å². The molecule has 1 aromatic rings. The van der Waals surface area contributed by atoms with Crippen molar-refractivity contribution >= 4 is 5.91 Å². The highest BCUT2D eigenvalue weighted by molar-refractivity contribution is 5.81. The van der Waals surface area contributed by atoms with Crippen molar-refractivity contribution in [2.24, 2.45) is 0 Å². The Morgan fingerprint density at radius 3 is 2.80 bits per heavy atom. The first-order chi connectivity index (χ1) is 9.38. The molecule has 0 aliphatic carbocycles. The van der Waals surface area contributed by atoms with Gasteiger partial charge in [-0.15, -0.1) is 0 Å². The molecule has 20 heavy (non-hydrogen) atoms. The highest BCUT2D eigenvalue weighted by Crippen LogP contribution is 2.30. The van der Waals surface area contributed by atoms with Gasteiger partial charge in [0.1, 0.15) is 6.10 Å². The standard InChI is InChI=1S/C14H16F3NO2/c1-9(18-13(19)12-6-3-7-20-12)10-4-2-5-11(8-10)14(15,16)17/h2,4-5,8-9,12H,3,6-7H2,1H3,(H,18,19)/t9-,12-/m0/s1. The van der Waals surface area contributed by atoms with E-state index in [0.29, 0.717) is 18.6 Å². The van der Waals surface area contributed by atoms with Gasteiger partial charge in [0.25, 0.3) is 0 Å². The molecule has 1 aromatic carbocycles. The molecule has 0 unspecified atom stereocenters. The number of carbonyl (C=O) groups excluding carboxylic acids is 1. The van der Waals surface area contributed by atoms with Crippen LogP contribution in [0, 0.1) is 0 Å². The predicted octanol–water partition coefficient (Wildman–Crippen LogP) is 3.06. The maximum atomic E-state index is 12.6.